The molecule has 16 aromatic carbocycles. The molecule has 106 heavy (non-hydrogen) atoms. The summed E-state index contributed by atoms with van der Waals surface area (Å²) in [5.41, 5.74) is 42.7. The Morgan fingerprint density at radius 2 is 0.519 bits per heavy atom. The van der Waals surface area contributed by atoms with Gasteiger partial charge in [0.25, 0.3) is 0 Å². The second kappa shape index (κ2) is 22.6. The first-order valence-electron chi connectivity index (χ1n) is 37.5. The van der Waals surface area contributed by atoms with Crippen LogP contribution in [-0.2, 0) is 28.1 Å². The number of benzene rings is 16. The molecule has 0 bridgehead atoms. The fourth-order valence-electron chi connectivity index (χ4n) is 20.9. The van der Waals surface area contributed by atoms with E-state index in [-0.39, 0.29) is 5.41 Å². The van der Waals surface area contributed by atoms with E-state index in [0.29, 0.717) is 0 Å². The monoisotopic (exact) mass is 1350 g/mol. The second-order valence-electron chi connectivity index (χ2n) is 30.6. The van der Waals surface area contributed by atoms with Gasteiger partial charge in [-0.1, -0.05) is 336 Å². The lowest BCUT2D eigenvalue weighted by Gasteiger charge is -2.33. The van der Waals surface area contributed by atoms with Crippen LogP contribution in [0.5, 0.6) is 0 Å². The summed E-state index contributed by atoms with van der Waals surface area (Å²) >= 11 is 0. The molecule has 0 fully saturated rings. The van der Waals surface area contributed by atoms with Gasteiger partial charge in [0.2, 0.25) is 0 Å². The highest BCUT2D eigenvalue weighted by Gasteiger charge is 2.55. The SMILES string of the molecule is CC1(C)c2ccccc2-c2cc(N(c3ccc4c(c3)-c3ccccc3C43c4ccccc4-c4c(CC5(C)c6ccccc6-c6c(N(c7ccc8c(c7)-c7ccccc7C87c8ccccc8-c8ccccc87)c7ccccc7-c7ccccc7)cccc65)cccc43)c3ccccc3-c3ccccc3)ccc21. The lowest BCUT2D eigenvalue weighted by atomic mass is 9.70. The number of nitrogens with zero attached hydrogens (tertiary/aromatic N) is 2. The molecule has 16 aromatic rings. The number of rotatable bonds is 10. The first kappa shape index (κ1) is 60.7. The maximum absolute atomic E-state index is 2.60. The van der Waals surface area contributed by atoms with Crippen LogP contribution in [-0.4, -0.2) is 0 Å². The summed E-state index contributed by atoms with van der Waals surface area (Å²) < 4.78 is 0. The van der Waals surface area contributed by atoms with E-state index in [0.717, 1.165) is 40.5 Å². The molecular formula is C104H72N2. The molecule has 0 saturated heterocycles. The third kappa shape index (κ3) is 8.11. The number of para-hydroxylation sites is 2. The van der Waals surface area contributed by atoms with Gasteiger partial charge in [-0.3, -0.25) is 0 Å². The standard InChI is InChI=1S/C104H72N2/c1-101(2)84-44-19-10-39-76(84)81-62-69(56-59-85(81)101)105(96-53-26-17-35-72(96)66-30-6-4-7-31-66)70-57-60-93-82(63-70)78-41-14-24-49-90(78)104(93)91-50-25-16-43-80(91)99-68(34-28-52-95(99)104)65-102(3)86-45-20-15-42-79(86)100-94(102)51-29-55-98(100)106(97-54-27-18-36-73(97)67-32-8-5-9-33-67)71-58-61-92-83(64-71)77-40-13-23-48-89(77)103(92)87-46-21-11-37-74(87)75-38-12-22-47-88(75)103/h4-64H,65H2,1-3H3. The van der Waals surface area contributed by atoms with Crippen molar-refractivity contribution in [3.8, 4) is 89.0 Å². The summed E-state index contributed by atoms with van der Waals surface area (Å²) in [6, 6.07) is 141. The molecule has 2 nitrogen and oxygen atoms in total. The highest BCUT2D eigenvalue weighted by Crippen LogP contribution is 2.67. The average molecular weight is 1350 g/mol. The summed E-state index contributed by atoms with van der Waals surface area (Å²) in [4.78, 5) is 5.12. The highest BCUT2D eigenvalue weighted by atomic mass is 15.2. The van der Waals surface area contributed by atoms with Gasteiger partial charge in [0.15, 0.2) is 0 Å². The van der Waals surface area contributed by atoms with Crippen molar-refractivity contribution in [3.63, 3.8) is 0 Å². The molecule has 22 rings (SSSR count). The van der Waals surface area contributed by atoms with Gasteiger partial charge in [0.05, 0.1) is 27.9 Å². The molecule has 0 N–H and O–H groups in total. The Hall–Kier alpha value is -12.9. The van der Waals surface area contributed by atoms with Crippen LogP contribution in [0.4, 0.5) is 34.1 Å². The second-order valence-corrected chi connectivity index (χ2v) is 30.6. The van der Waals surface area contributed by atoms with Crippen LogP contribution in [0.3, 0.4) is 0 Å². The molecule has 2 heteroatoms. The molecule has 0 saturated carbocycles. The maximum Gasteiger partial charge on any atom is 0.0725 e. The van der Waals surface area contributed by atoms with E-state index < -0.39 is 16.2 Å². The topological polar surface area (TPSA) is 6.48 Å². The highest BCUT2D eigenvalue weighted by molar-refractivity contribution is 6.03. The average Bonchev–Trinajstić information content (AvgIpc) is 1.51. The summed E-state index contributed by atoms with van der Waals surface area (Å²) in [6.07, 6.45) is 0.779. The van der Waals surface area contributed by atoms with Crippen LogP contribution in [0.25, 0.3) is 89.0 Å². The molecule has 0 radical (unpaired) electrons. The zero-order valence-corrected chi connectivity index (χ0v) is 59.3. The van der Waals surface area contributed by atoms with E-state index in [1.807, 2.05) is 0 Å². The Morgan fingerprint density at radius 1 is 0.208 bits per heavy atom. The first-order chi connectivity index (χ1) is 52.2. The Bertz CT molecular complexity index is 6340. The molecule has 6 aliphatic carbocycles. The Morgan fingerprint density at radius 3 is 1.04 bits per heavy atom. The number of anilines is 6. The summed E-state index contributed by atoms with van der Waals surface area (Å²) in [5, 5.41) is 0. The third-order valence-corrected chi connectivity index (χ3v) is 25.2. The van der Waals surface area contributed by atoms with Crippen LogP contribution >= 0.6 is 0 Å². The van der Waals surface area contributed by atoms with E-state index in [2.05, 4.69) is 401 Å². The van der Waals surface area contributed by atoms with Crippen molar-refractivity contribution in [2.75, 3.05) is 9.80 Å². The molecule has 6 aliphatic rings. The normalized spacial score (nSPS) is 16.5. The molecule has 498 valence electrons. The van der Waals surface area contributed by atoms with Crippen LogP contribution < -0.4 is 9.80 Å². The third-order valence-electron chi connectivity index (χ3n) is 25.2. The molecule has 2 atom stereocenters. The van der Waals surface area contributed by atoms with Gasteiger partial charge in [0.1, 0.15) is 0 Å². The smallest absolute Gasteiger partial charge is 0.0725 e. The van der Waals surface area contributed by atoms with Gasteiger partial charge in [0, 0.05) is 44.6 Å². The van der Waals surface area contributed by atoms with E-state index in [1.54, 1.807) is 0 Å². The van der Waals surface area contributed by atoms with Crippen molar-refractivity contribution in [1.82, 2.24) is 0 Å². The number of fused-ring (bicyclic) bond motifs is 26. The fourth-order valence-corrected chi connectivity index (χ4v) is 20.9. The van der Waals surface area contributed by atoms with Gasteiger partial charge in [-0.15, -0.1) is 0 Å². The van der Waals surface area contributed by atoms with Crippen molar-refractivity contribution >= 4 is 34.1 Å². The maximum atomic E-state index is 2.60. The van der Waals surface area contributed by atoms with E-state index in [9.17, 15) is 0 Å². The summed E-state index contributed by atoms with van der Waals surface area (Å²) in [7, 11) is 0. The zero-order valence-electron chi connectivity index (χ0n) is 59.3. The van der Waals surface area contributed by atoms with Gasteiger partial charge in [-0.05, 0) is 206 Å². The predicted octanol–water partition coefficient (Wildman–Crippen LogP) is 26.5. The largest absolute Gasteiger partial charge is 0.310 e. The lowest BCUT2D eigenvalue weighted by Crippen LogP contribution is -2.27. The van der Waals surface area contributed by atoms with Crippen molar-refractivity contribution in [1.29, 1.82) is 0 Å². The van der Waals surface area contributed by atoms with Crippen LogP contribution in [0.2, 0.25) is 0 Å². The van der Waals surface area contributed by atoms with Crippen molar-refractivity contribution in [2.45, 2.75) is 48.9 Å². The van der Waals surface area contributed by atoms with Crippen molar-refractivity contribution in [3.05, 3.63) is 442 Å². The van der Waals surface area contributed by atoms with Crippen molar-refractivity contribution < 1.29 is 0 Å². The Kier molecular flexibility index (Phi) is 12.9. The van der Waals surface area contributed by atoms with Gasteiger partial charge in [-0.25, -0.2) is 0 Å². The molecule has 0 amide bonds. The molecule has 0 aliphatic heterocycles. The van der Waals surface area contributed by atoms with Crippen LogP contribution in [0.15, 0.2) is 370 Å². The number of hydrogen-bond donors (Lipinski definition) is 0. The Labute approximate surface area is 620 Å². The molecule has 2 spiro atoms. The van der Waals surface area contributed by atoms with Crippen LogP contribution in [0.1, 0.15) is 93.1 Å². The summed E-state index contributed by atoms with van der Waals surface area (Å²) in [6.45, 7) is 7.28. The summed E-state index contributed by atoms with van der Waals surface area (Å²) in [5.74, 6) is 0. The molecule has 0 aromatic heterocycles. The minimum atomic E-state index is -0.588. The van der Waals surface area contributed by atoms with Gasteiger partial charge in [-0.2, -0.15) is 0 Å². The lowest BCUT2D eigenvalue weighted by molar-refractivity contribution is 0.583. The minimum absolute atomic E-state index is 0.121. The Balaban J connectivity index is 0.711. The molecular weight excluding hydrogens is 1280 g/mol. The van der Waals surface area contributed by atoms with E-state index >= 15 is 0 Å². The van der Waals surface area contributed by atoms with Crippen molar-refractivity contribution in [2.24, 2.45) is 0 Å². The zero-order chi connectivity index (χ0) is 70.2. The van der Waals surface area contributed by atoms with Gasteiger partial charge >= 0.3 is 0 Å². The predicted molar refractivity (Wildman–Crippen MR) is 439 cm³/mol. The molecule has 0 heterocycles. The first-order valence-corrected chi connectivity index (χ1v) is 37.5. The van der Waals surface area contributed by atoms with Crippen LogP contribution in [0, 0.1) is 0 Å². The van der Waals surface area contributed by atoms with Gasteiger partial charge < -0.3 is 9.80 Å². The fraction of sp³-hybridized carbons (Fsp3) is 0.0769. The number of hydrogen-bond acceptors (Lipinski definition) is 2. The minimum Gasteiger partial charge on any atom is -0.310 e. The van der Waals surface area contributed by atoms with E-state index in [4.69, 9.17) is 0 Å². The molecule has 2 unspecified atom stereocenters. The quantitative estimate of drug-likeness (QED) is 0.135. The van der Waals surface area contributed by atoms with E-state index in [1.165, 1.54) is 161 Å².